The van der Waals surface area contributed by atoms with Crippen molar-refractivity contribution in [3.63, 3.8) is 0 Å². The lowest BCUT2D eigenvalue weighted by atomic mass is 10.1. The molecule has 0 radical (unpaired) electrons. The number of nitrogens with zero attached hydrogens (tertiary/aromatic N) is 1. The summed E-state index contributed by atoms with van der Waals surface area (Å²) in [5.74, 6) is -0.471. The van der Waals surface area contributed by atoms with Crippen LogP contribution in [0.25, 0.3) is 0 Å². The molecule has 0 aromatic heterocycles. The number of carbonyl (C=O) groups excluding carboxylic acids is 2. The minimum Gasteiger partial charge on any atom is -0.465 e. The predicted molar refractivity (Wildman–Crippen MR) is 58.1 cm³/mol. The van der Waals surface area contributed by atoms with E-state index in [1.54, 1.807) is 24.3 Å². The average molecular weight is 221 g/mol. The lowest BCUT2D eigenvalue weighted by Crippen LogP contribution is -2.24. The van der Waals surface area contributed by atoms with E-state index in [2.05, 4.69) is 9.84 Å². The summed E-state index contributed by atoms with van der Waals surface area (Å²) in [5.41, 5.74) is 7.75. The highest BCUT2D eigenvalue weighted by Gasteiger charge is 2.08. The fraction of sp³-hybridized carbons (Fsp3) is 0.100. The Kier molecular flexibility index (Phi) is 4.02. The Morgan fingerprint density at radius 3 is 2.75 bits per heavy atom. The summed E-state index contributed by atoms with van der Waals surface area (Å²) in [6, 6.07) is 5.92. The average Bonchev–Trinajstić information content (AvgIpc) is 2.28. The Morgan fingerprint density at radius 2 is 2.12 bits per heavy atom. The number of ether oxygens (including phenoxy) is 1. The molecule has 0 saturated carbocycles. The summed E-state index contributed by atoms with van der Waals surface area (Å²) in [6.45, 7) is 0. The first-order chi connectivity index (χ1) is 7.65. The number of methoxy groups -OCH3 is 1. The van der Waals surface area contributed by atoms with Crippen molar-refractivity contribution in [2.45, 2.75) is 0 Å². The van der Waals surface area contributed by atoms with Gasteiger partial charge in [0.1, 0.15) is 0 Å². The lowest BCUT2D eigenvalue weighted by molar-refractivity contribution is 0.0600. The Labute approximate surface area is 92.1 Å². The van der Waals surface area contributed by atoms with Crippen LogP contribution in [0.2, 0.25) is 0 Å². The van der Waals surface area contributed by atoms with Gasteiger partial charge in [-0.15, -0.1) is 0 Å². The van der Waals surface area contributed by atoms with Crippen LogP contribution in [0.4, 0.5) is 4.79 Å². The molecule has 0 fully saturated rings. The number of carbonyl (C=O) groups is 2. The topological polar surface area (TPSA) is 93.8 Å². The predicted octanol–water partition coefficient (Wildman–Crippen LogP) is 0.475. The Morgan fingerprint density at radius 1 is 1.44 bits per heavy atom. The number of hydrogen-bond donors (Lipinski definition) is 2. The maximum absolute atomic E-state index is 11.3. The summed E-state index contributed by atoms with van der Waals surface area (Å²) in [5, 5.41) is 3.56. The van der Waals surface area contributed by atoms with Crippen LogP contribution >= 0.6 is 0 Å². The zero-order valence-electron chi connectivity index (χ0n) is 8.64. The van der Waals surface area contributed by atoms with Crippen LogP contribution in [0.1, 0.15) is 15.9 Å². The van der Waals surface area contributed by atoms with E-state index in [1.807, 2.05) is 5.43 Å². The molecule has 0 heterocycles. The maximum Gasteiger partial charge on any atom is 0.338 e. The first-order valence-corrected chi connectivity index (χ1v) is 4.41. The van der Waals surface area contributed by atoms with Crippen molar-refractivity contribution in [2.75, 3.05) is 7.11 Å². The fourth-order valence-corrected chi connectivity index (χ4v) is 1.07. The van der Waals surface area contributed by atoms with Crippen LogP contribution < -0.4 is 11.2 Å². The molecular formula is C10H11N3O3. The first-order valence-electron chi connectivity index (χ1n) is 4.41. The normalized spacial score (nSPS) is 10.1. The van der Waals surface area contributed by atoms with E-state index < -0.39 is 12.0 Å². The van der Waals surface area contributed by atoms with Gasteiger partial charge in [-0.25, -0.2) is 15.0 Å². The van der Waals surface area contributed by atoms with Gasteiger partial charge in [-0.05, 0) is 6.07 Å². The van der Waals surface area contributed by atoms with E-state index in [1.165, 1.54) is 13.3 Å². The number of urea groups is 1. The molecule has 0 atom stereocenters. The van der Waals surface area contributed by atoms with Gasteiger partial charge in [-0.1, -0.05) is 18.2 Å². The zero-order valence-corrected chi connectivity index (χ0v) is 8.64. The molecule has 1 rings (SSSR count). The van der Waals surface area contributed by atoms with Crippen molar-refractivity contribution in [3.05, 3.63) is 35.4 Å². The van der Waals surface area contributed by atoms with E-state index in [0.29, 0.717) is 11.1 Å². The monoisotopic (exact) mass is 221 g/mol. The second-order valence-corrected chi connectivity index (χ2v) is 2.81. The molecule has 2 amide bonds. The summed E-state index contributed by atoms with van der Waals surface area (Å²) < 4.78 is 4.59. The lowest BCUT2D eigenvalue weighted by Gasteiger charge is -2.02. The molecule has 0 unspecified atom stereocenters. The molecule has 84 valence electrons. The molecule has 0 aliphatic heterocycles. The summed E-state index contributed by atoms with van der Waals surface area (Å²) >= 11 is 0. The Balaban J connectivity index is 2.91. The number of rotatable bonds is 3. The standard InChI is InChI=1S/C10H11N3O3/c1-16-9(14)8-5-3-2-4-7(8)6-12-13-10(11)15/h2-6H,1H3,(H3,11,13,15). The highest BCUT2D eigenvalue weighted by atomic mass is 16.5. The molecule has 16 heavy (non-hydrogen) atoms. The molecule has 1 aromatic carbocycles. The van der Waals surface area contributed by atoms with E-state index in [-0.39, 0.29) is 0 Å². The van der Waals surface area contributed by atoms with Crippen molar-refractivity contribution in [1.82, 2.24) is 5.43 Å². The number of amides is 2. The van der Waals surface area contributed by atoms with Crippen LogP contribution in [-0.4, -0.2) is 25.3 Å². The minimum atomic E-state index is -0.771. The number of esters is 1. The third-order valence-corrected chi connectivity index (χ3v) is 1.74. The molecule has 0 spiro atoms. The molecule has 3 N–H and O–H groups in total. The van der Waals surface area contributed by atoms with Crippen molar-refractivity contribution in [3.8, 4) is 0 Å². The second-order valence-electron chi connectivity index (χ2n) is 2.81. The number of primary amides is 1. The van der Waals surface area contributed by atoms with Gasteiger partial charge >= 0.3 is 12.0 Å². The number of nitrogens with one attached hydrogen (secondary N) is 1. The first kappa shape index (κ1) is 11.7. The minimum absolute atomic E-state index is 0.361. The highest BCUT2D eigenvalue weighted by molar-refractivity contribution is 5.99. The molecule has 6 nitrogen and oxygen atoms in total. The van der Waals surface area contributed by atoms with Gasteiger partial charge < -0.3 is 10.5 Å². The Bertz CT molecular complexity index is 429. The van der Waals surface area contributed by atoms with Gasteiger partial charge in [0.25, 0.3) is 0 Å². The van der Waals surface area contributed by atoms with Crippen LogP contribution in [0.3, 0.4) is 0 Å². The maximum atomic E-state index is 11.3. The fourth-order valence-electron chi connectivity index (χ4n) is 1.07. The molecule has 1 aromatic rings. The zero-order chi connectivity index (χ0) is 12.0. The number of nitrogens with two attached hydrogens (primary N) is 1. The van der Waals surface area contributed by atoms with Crippen molar-refractivity contribution in [2.24, 2.45) is 10.8 Å². The van der Waals surface area contributed by atoms with Crippen LogP contribution in [0.5, 0.6) is 0 Å². The second kappa shape index (κ2) is 5.50. The third-order valence-electron chi connectivity index (χ3n) is 1.74. The van der Waals surface area contributed by atoms with Crippen molar-refractivity contribution < 1.29 is 14.3 Å². The molecule has 0 saturated heterocycles. The quantitative estimate of drug-likeness (QED) is 0.441. The largest absolute Gasteiger partial charge is 0.465 e. The van der Waals surface area contributed by atoms with Gasteiger partial charge in [-0.3, -0.25) is 0 Å². The van der Waals surface area contributed by atoms with E-state index in [9.17, 15) is 9.59 Å². The van der Waals surface area contributed by atoms with Gasteiger partial charge in [0.15, 0.2) is 0 Å². The molecule has 0 bridgehead atoms. The highest BCUT2D eigenvalue weighted by Crippen LogP contribution is 2.07. The molecular weight excluding hydrogens is 210 g/mol. The van der Waals surface area contributed by atoms with Gasteiger partial charge in [0, 0.05) is 5.56 Å². The van der Waals surface area contributed by atoms with Crippen molar-refractivity contribution >= 4 is 18.2 Å². The Hall–Kier alpha value is -2.37. The molecule has 6 heteroatoms. The SMILES string of the molecule is COC(=O)c1ccccc1C=NNC(N)=O. The third kappa shape index (κ3) is 3.09. The van der Waals surface area contributed by atoms with Crippen molar-refractivity contribution in [1.29, 1.82) is 0 Å². The van der Waals surface area contributed by atoms with Crippen LogP contribution in [0, 0.1) is 0 Å². The summed E-state index contributed by atoms with van der Waals surface area (Å²) in [7, 11) is 1.29. The number of hydrogen-bond acceptors (Lipinski definition) is 4. The van der Waals surface area contributed by atoms with E-state index in [4.69, 9.17) is 5.73 Å². The smallest absolute Gasteiger partial charge is 0.338 e. The van der Waals surface area contributed by atoms with Gasteiger partial charge in [0.05, 0.1) is 18.9 Å². The van der Waals surface area contributed by atoms with Crippen LogP contribution in [-0.2, 0) is 4.74 Å². The van der Waals surface area contributed by atoms with Gasteiger partial charge in [-0.2, -0.15) is 5.10 Å². The van der Waals surface area contributed by atoms with E-state index >= 15 is 0 Å². The van der Waals surface area contributed by atoms with E-state index in [0.717, 1.165) is 0 Å². The van der Waals surface area contributed by atoms with Gasteiger partial charge in [0.2, 0.25) is 0 Å². The number of hydrazone groups is 1. The molecule has 0 aliphatic carbocycles. The van der Waals surface area contributed by atoms with Crippen LogP contribution in [0.15, 0.2) is 29.4 Å². The summed E-state index contributed by atoms with van der Waals surface area (Å²) in [6.07, 6.45) is 1.32. The summed E-state index contributed by atoms with van der Waals surface area (Å²) in [4.78, 5) is 21.7. The number of benzene rings is 1. The molecule has 0 aliphatic rings.